The van der Waals surface area contributed by atoms with E-state index in [9.17, 15) is 5.11 Å². The van der Waals surface area contributed by atoms with E-state index < -0.39 is 0 Å². The molecule has 1 heterocycles. The minimum Gasteiger partial charge on any atom is -0.392 e. The normalized spacial score (nSPS) is 15.4. The van der Waals surface area contributed by atoms with Gasteiger partial charge in [-0.3, -0.25) is 0 Å². The van der Waals surface area contributed by atoms with E-state index in [0.717, 1.165) is 19.3 Å². The van der Waals surface area contributed by atoms with E-state index in [2.05, 4.69) is 13.0 Å². The summed E-state index contributed by atoms with van der Waals surface area (Å²) < 4.78 is 0. The maximum absolute atomic E-state index is 9.94. The molecular weight excluding hydrogens is 194 g/mol. The molecule has 14 heavy (non-hydrogen) atoms. The first-order valence-electron chi connectivity index (χ1n) is 5.21. The van der Waals surface area contributed by atoms with E-state index >= 15 is 0 Å². The third-order valence-corrected chi connectivity index (χ3v) is 3.48. The topological polar surface area (TPSA) is 46.2 Å². The molecule has 3 N–H and O–H groups in total. The van der Waals surface area contributed by atoms with E-state index in [0.29, 0.717) is 6.54 Å². The summed E-state index contributed by atoms with van der Waals surface area (Å²) in [6.45, 7) is 2.67. The molecule has 80 valence electrons. The lowest BCUT2D eigenvalue weighted by atomic mass is 9.96. The van der Waals surface area contributed by atoms with Crippen molar-refractivity contribution < 1.29 is 5.11 Å². The predicted octanol–water partition coefficient (Wildman–Crippen LogP) is 2.34. The van der Waals surface area contributed by atoms with Gasteiger partial charge < -0.3 is 10.8 Å². The maximum Gasteiger partial charge on any atom is 0.0628 e. The van der Waals surface area contributed by atoms with Gasteiger partial charge in [-0.2, -0.15) is 0 Å². The zero-order valence-corrected chi connectivity index (χ0v) is 9.46. The van der Waals surface area contributed by atoms with Crippen LogP contribution in [0.15, 0.2) is 17.5 Å². The first-order chi connectivity index (χ1) is 6.79. The summed E-state index contributed by atoms with van der Waals surface area (Å²) in [6, 6.07) is 4.06. The van der Waals surface area contributed by atoms with Gasteiger partial charge in [-0.05, 0) is 17.9 Å². The van der Waals surface area contributed by atoms with Crippen molar-refractivity contribution in [1.82, 2.24) is 0 Å². The van der Waals surface area contributed by atoms with Crippen LogP contribution in [0.3, 0.4) is 0 Å². The van der Waals surface area contributed by atoms with Crippen LogP contribution in [0.4, 0.5) is 0 Å². The molecule has 0 bridgehead atoms. The van der Waals surface area contributed by atoms with Crippen LogP contribution >= 0.6 is 11.3 Å². The molecule has 0 aliphatic rings. The molecule has 0 saturated heterocycles. The minimum atomic E-state index is -0.279. The van der Waals surface area contributed by atoms with Crippen LogP contribution in [0.5, 0.6) is 0 Å². The smallest absolute Gasteiger partial charge is 0.0628 e. The Morgan fingerprint density at radius 1 is 1.57 bits per heavy atom. The van der Waals surface area contributed by atoms with Gasteiger partial charge in [0.1, 0.15) is 0 Å². The summed E-state index contributed by atoms with van der Waals surface area (Å²) in [5.41, 5.74) is 5.68. The fraction of sp³-hybridized carbons (Fsp3) is 0.636. The molecule has 2 atom stereocenters. The second kappa shape index (κ2) is 6.17. The molecule has 0 fully saturated rings. The second-order valence-electron chi connectivity index (χ2n) is 3.57. The van der Waals surface area contributed by atoms with Crippen molar-refractivity contribution in [2.45, 2.75) is 38.2 Å². The van der Waals surface area contributed by atoms with Gasteiger partial charge in [0.25, 0.3) is 0 Å². The molecule has 2 unspecified atom stereocenters. The van der Waals surface area contributed by atoms with Crippen LogP contribution in [0, 0.1) is 0 Å². The molecule has 0 aromatic carbocycles. The summed E-state index contributed by atoms with van der Waals surface area (Å²) in [6.07, 6.45) is 2.77. The lowest BCUT2D eigenvalue weighted by molar-refractivity contribution is 0.134. The Morgan fingerprint density at radius 2 is 2.36 bits per heavy atom. The van der Waals surface area contributed by atoms with Crippen molar-refractivity contribution in [1.29, 1.82) is 0 Å². The monoisotopic (exact) mass is 213 g/mol. The van der Waals surface area contributed by atoms with Crippen LogP contribution < -0.4 is 5.73 Å². The number of rotatable bonds is 6. The summed E-state index contributed by atoms with van der Waals surface area (Å²) in [5.74, 6) is 0.126. The Hall–Kier alpha value is -0.380. The third kappa shape index (κ3) is 3.08. The van der Waals surface area contributed by atoms with Crippen molar-refractivity contribution >= 4 is 11.3 Å². The molecule has 1 aromatic rings. The van der Waals surface area contributed by atoms with Crippen molar-refractivity contribution in [2.24, 2.45) is 5.73 Å². The van der Waals surface area contributed by atoms with Crippen molar-refractivity contribution in [3.8, 4) is 0 Å². The molecule has 0 radical (unpaired) electrons. The van der Waals surface area contributed by atoms with E-state index in [1.54, 1.807) is 11.3 Å². The highest BCUT2D eigenvalue weighted by molar-refractivity contribution is 7.10. The molecule has 2 nitrogen and oxygen atoms in total. The average Bonchev–Trinajstić information content (AvgIpc) is 2.69. The average molecular weight is 213 g/mol. The Labute approximate surface area is 89.8 Å². The summed E-state index contributed by atoms with van der Waals surface area (Å²) in [4.78, 5) is 1.20. The van der Waals surface area contributed by atoms with Gasteiger partial charge in [0, 0.05) is 17.3 Å². The molecule has 3 heteroatoms. The molecule has 0 saturated carbocycles. The van der Waals surface area contributed by atoms with Crippen LogP contribution in [0.1, 0.15) is 37.0 Å². The van der Waals surface area contributed by atoms with Gasteiger partial charge in [-0.15, -0.1) is 11.3 Å². The van der Waals surface area contributed by atoms with Gasteiger partial charge >= 0.3 is 0 Å². The van der Waals surface area contributed by atoms with Gasteiger partial charge in [0.15, 0.2) is 0 Å². The van der Waals surface area contributed by atoms with E-state index in [1.807, 2.05) is 11.4 Å². The fourth-order valence-electron chi connectivity index (χ4n) is 1.58. The highest BCUT2D eigenvalue weighted by Crippen LogP contribution is 2.25. The number of unbranched alkanes of at least 4 members (excludes halogenated alkanes) is 1. The standard InChI is InChI=1S/C11H19NOS/c1-2-3-5-10(13)9(8-12)11-6-4-7-14-11/h4,6-7,9-10,13H,2-3,5,8,12H2,1H3. The highest BCUT2D eigenvalue weighted by atomic mass is 32.1. The molecular formula is C11H19NOS. The van der Waals surface area contributed by atoms with Gasteiger partial charge in [0.2, 0.25) is 0 Å². The first kappa shape index (κ1) is 11.7. The Balaban J connectivity index is 2.53. The molecule has 0 aliphatic carbocycles. The summed E-state index contributed by atoms with van der Waals surface area (Å²) in [7, 11) is 0. The second-order valence-corrected chi connectivity index (χ2v) is 4.55. The van der Waals surface area contributed by atoms with Gasteiger partial charge in [0.05, 0.1) is 6.10 Å². The molecule has 0 aliphatic heterocycles. The van der Waals surface area contributed by atoms with Gasteiger partial charge in [-0.25, -0.2) is 0 Å². The zero-order valence-electron chi connectivity index (χ0n) is 8.65. The number of hydrogen-bond acceptors (Lipinski definition) is 3. The van der Waals surface area contributed by atoms with Crippen molar-refractivity contribution in [3.63, 3.8) is 0 Å². The molecule has 0 spiro atoms. The molecule has 1 aromatic heterocycles. The lowest BCUT2D eigenvalue weighted by Crippen LogP contribution is -2.25. The summed E-state index contributed by atoms with van der Waals surface area (Å²) >= 11 is 1.68. The number of nitrogens with two attached hydrogens (primary N) is 1. The van der Waals surface area contributed by atoms with E-state index in [1.165, 1.54) is 4.88 Å². The Morgan fingerprint density at radius 3 is 2.86 bits per heavy atom. The van der Waals surface area contributed by atoms with Gasteiger partial charge in [-0.1, -0.05) is 25.8 Å². The van der Waals surface area contributed by atoms with Crippen molar-refractivity contribution in [3.05, 3.63) is 22.4 Å². The zero-order chi connectivity index (χ0) is 10.4. The largest absolute Gasteiger partial charge is 0.392 e. The van der Waals surface area contributed by atoms with Crippen LogP contribution in [0.2, 0.25) is 0 Å². The maximum atomic E-state index is 9.94. The SMILES string of the molecule is CCCCC(O)C(CN)c1cccs1. The third-order valence-electron chi connectivity index (χ3n) is 2.48. The quantitative estimate of drug-likeness (QED) is 0.762. The van der Waals surface area contributed by atoms with Crippen LogP contribution in [0.25, 0.3) is 0 Å². The number of aliphatic hydroxyl groups is 1. The molecule has 0 amide bonds. The number of hydrogen-bond donors (Lipinski definition) is 2. The first-order valence-corrected chi connectivity index (χ1v) is 6.09. The van der Waals surface area contributed by atoms with Crippen LogP contribution in [-0.4, -0.2) is 17.8 Å². The number of aliphatic hydroxyl groups excluding tert-OH is 1. The van der Waals surface area contributed by atoms with Crippen LogP contribution in [-0.2, 0) is 0 Å². The van der Waals surface area contributed by atoms with E-state index in [4.69, 9.17) is 5.73 Å². The summed E-state index contributed by atoms with van der Waals surface area (Å²) in [5, 5.41) is 12.0. The Kier molecular flexibility index (Phi) is 5.15. The fourth-order valence-corrected chi connectivity index (χ4v) is 2.48. The minimum absolute atomic E-state index is 0.126. The highest BCUT2D eigenvalue weighted by Gasteiger charge is 2.19. The predicted molar refractivity (Wildman–Crippen MR) is 61.6 cm³/mol. The van der Waals surface area contributed by atoms with E-state index in [-0.39, 0.29) is 12.0 Å². The lowest BCUT2D eigenvalue weighted by Gasteiger charge is -2.19. The Bertz CT molecular complexity index is 235. The molecule has 1 rings (SSSR count). The van der Waals surface area contributed by atoms with Crippen molar-refractivity contribution in [2.75, 3.05) is 6.54 Å². The number of thiophene rings is 1.